The molecule has 112 valence electrons. The third-order valence-electron chi connectivity index (χ3n) is 4.35. The summed E-state index contributed by atoms with van der Waals surface area (Å²) in [6.07, 6.45) is 10.9. The van der Waals surface area contributed by atoms with Crippen molar-refractivity contribution in [1.29, 1.82) is 0 Å². The molecule has 0 bridgehead atoms. The Kier molecular flexibility index (Phi) is 5.00. The van der Waals surface area contributed by atoms with Crippen molar-refractivity contribution in [3.63, 3.8) is 0 Å². The Labute approximate surface area is 126 Å². The summed E-state index contributed by atoms with van der Waals surface area (Å²) in [4.78, 5) is 4.37. The van der Waals surface area contributed by atoms with E-state index in [0.29, 0.717) is 6.04 Å². The lowest BCUT2D eigenvalue weighted by Crippen LogP contribution is -2.34. The number of aromatic amines is 1. The van der Waals surface area contributed by atoms with E-state index in [9.17, 15) is 0 Å². The molecule has 3 rings (SSSR count). The Bertz CT molecular complexity index is 501. The zero-order valence-electron chi connectivity index (χ0n) is 12.5. The molecule has 2 N–H and O–H groups in total. The van der Waals surface area contributed by atoms with Crippen molar-refractivity contribution < 1.29 is 0 Å². The largest absolute Gasteiger partial charge is 0.301 e. The van der Waals surface area contributed by atoms with Gasteiger partial charge < -0.3 is 5.32 Å². The van der Waals surface area contributed by atoms with Crippen molar-refractivity contribution >= 4 is 0 Å². The van der Waals surface area contributed by atoms with Crippen LogP contribution in [0.15, 0.2) is 36.7 Å². The van der Waals surface area contributed by atoms with Gasteiger partial charge in [-0.25, -0.2) is 4.98 Å². The highest BCUT2D eigenvalue weighted by Crippen LogP contribution is 2.23. The summed E-state index contributed by atoms with van der Waals surface area (Å²) < 4.78 is 0. The SMILES string of the molecule is c1ccc([C@@H](NC2CCCCCCC2)c2ncn[nH]2)cc1. The topological polar surface area (TPSA) is 53.6 Å². The smallest absolute Gasteiger partial charge is 0.145 e. The third kappa shape index (κ3) is 3.91. The number of aromatic nitrogens is 3. The van der Waals surface area contributed by atoms with Crippen molar-refractivity contribution in [1.82, 2.24) is 20.5 Å². The fourth-order valence-electron chi connectivity index (χ4n) is 3.19. The molecule has 1 heterocycles. The molecular weight excluding hydrogens is 260 g/mol. The van der Waals surface area contributed by atoms with E-state index in [1.807, 2.05) is 0 Å². The van der Waals surface area contributed by atoms with Gasteiger partial charge in [-0.2, -0.15) is 5.10 Å². The summed E-state index contributed by atoms with van der Waals surface area (Å²) in [5.74, 6) is 0.906. The second-order valence-corrected chi connectivity index (χ2v) is 5.92. The van der Waals surface area contributed by atoms with Crippen LogP contribution in [0.25, 0.3) is 0 Å². The van der Waals surface area contributed by atoms with Gasteiger partial charge in [-0.15, -0.1) is 0 Å². The highest BCUT2D eigenvalue weighted by Gasteiger charge is 2.21. The Hall–Kier alpha value is -1.68. The van der Waals surface area contributed by atoms with Crippen molar-refractivity contribution in [2.24, 2.45) is 0 Å². The fraction of sp³-hybridized carbons (Fsp3) is 0.529. The molecule has 1 fully saturated rings. The summed E-state index contributed by atoms with van der Waals surface area (Å²) in [5.41, 5.74) is 1.25. The number of hydrogen-bond donors (Lipinski definition) is 2. The molecule has 1 aromatic heterocycles. The van der Waals surface area contributed by atoms with Crippen LogP contribution in [0.4, 0.5) is 0 Å². The van der Waals surface area contributed by atoms with Crippen LogP contribution in [0, 0.1) is 0 Å². The number of rotatable bonds is 4. The molecule has 1 aliphatic rings. The fourth-order valence-corrected chi connectivity index (χ4v) is 3.19. The van der Waals surface area contributed by atoms with E-state index in [4.69, 9.17) is 0 Å². The maximum Gasteiger partial charge on any atom is 0.145 e. The maximum atomic E-state index is 4.37. The van der Waals surface area contributed by atoms with Gasteiger partial charge >= 0.3 is 0 Å². The van der Waals surface area contributed by atoms with E-state index < -0.39 is 0 Å². The van der Waals surface area contributed by atoms with Gasteiger partial charge in [-0.05, 0) is 18.4 Å². The molecule has 0 amide bonds. The van der Waals surface area contributed by atoms with Crippen LogP contribution < -0.4 is 5.32 Å². The summed E-state index contributed by atoms with van der Waals surface area (Å²) in [6.45, 7) is 0. The number of nitrogens with one attached hydrogen (secondary N) is 2. The van der Waals surface area contributed by atoms with Crippen LogP contribution >= 0.6 is 0 Å². The van der Waals surface area contributed by atoms with Crippen molar-refractivity contribution in [3.8, 4) is 0 Å². The molecular formula is C17H24N4. The van der Waals surface area contributed by atoms with Gasteiger partial charge in [-0.1, -0.05) is 62.4 Å². The minimum atomic E-state index is 0.109. The molecule has 0 spiro atoms. The van der Waals surface area contributed by atoms with E-state index in [-0.39, 0.29) is 6.04 Å². The minimum absolute atomic E-state index is 0.109. The number of hydrogen-bond acceptors (Lipinski definition) is 3. The summed E-state index contributed by atoms with van der Waals surface area (Å²) in [6, 6.07) is 11.2. The first-order valence-electron chi connectivity index (χ1n) is 8.10. The maximum absolute atomic E-state index is 4.37. The lowest BCUT2D eigenvalue weighted by molar-refractivity contribution is 0.366. The summed E-state index contributed by atoms with van der Waals surface area (Å²) >= 11 is 0. The van der Waals surface area contributed by atoms with Gasteiger partial charge in [-0.3, -0.25) is 5.10 Å². The second kappa shape index (κ2) is 7.36. The van der Waals surface area contributed by atoms with Gasteiger partial charge in [0.1, 0.15) is 12.2 Å². The monoisotopic (exact) mass is 284 g/mol. The Morgan fingerprint density at radius 3 is 2.38 bits per heavy atom. The van der Waals surface area contributed by atoms with E-state index in [1.54, 1.807) is 6.33 Å². The van der Waals surface area contributed by atoms with E-state index in [0.717, 1.165) is 5.82 Å². The van der Waals surface area contributed by atoms with Gasteiger partial charge in [0, 0.05) is 6.04 Å². The van der Waals surface area contributed by atoms with Crippen LogP contribution in [0.3, 0.4) is 0 Å². The van der Waals surface area contributed by atoms with Crippen molar-refractivity contribution in [2.75, 3.05) is 0 Å². The molecule has 4 nitrogen and oxygen atoms in total. The van der Waals surface area contributed by atoms with Crippen LogP contribution in [0.2, 0.25) is 0 Å². The minimum Gasteiger partial charge on any atom is -0.301 e. The molecule has 1 saturated carbocycles. The summed E-state index contributed by atoms with van der Waals surface area (Å²) in [7, 11) is 0. The molecule has 0 aliphatic heterocycles. The van der Waals surface area contributed by atoms with Crippen LogP contribution in [-0.4, -0.2) is 21.2 Å². The molecule has 1 atom stereocenters. The van der Waals surface area contributed by atoms with Gasteiger partial charge in [0.05, 0.1) is 6.04 Å². The molecule has 4 heteroatoms. The normalized spacial score (nSPS) is 18.9. The third-order valence-corrected chi connectivity index (χ3v) is 4.35. The molecule has 0 saturated heterocycles. The zero-order chi connectivity index (χ0) is 14.3. The summed E-state index contributed by atoms with van der Waals surface area (Å²) in [5, 5.41) is 10.9. The number of nitrogens with zero attached hydrogens (tertiary/aromatic N) is 2. The average molecular weight is 284 g/mol. The lowest BCUT2D eigenvalue weighted by Gasteiger charge is -2.26. The van der Waals surface area contributed by atoms with Gasteiger partial charge in [0.15, 0.2) is 0 Å². The molecule has 21 heavy (non-hydrogen) atoms. The van der Waals surface area contributed by atoms with Crippen molar-refractivity contribution in [2.45, 2.75) is 57.0 Å². The van der Waals surface area contributed by atoms with Crippen LogP contribution in [0.5, 0.6) is 0 Å². The molecule has 1 aliphatic carbocycles. The highest BCUT2D eigenvalue weighted by atomic mass is 15.2. The molecule has 0 radical (unpaired) electrons. The first-order chi connectivity index (χ1) is 10.4. The number of H-pyrrole nitrogens is 1. The highest BCUT2D eigenvalue weighted by molar-refractivity contribution is 5.24. The molecule has 2 aromatic rings. The zero-order valence-corrected chi connectivity index (χ0v) is 12.5. The standard InChI is InChI=1S/C17H24N4/c1-2-7-11-15(12-8-3-1)20-16(17-18-13-19-21-17)14-9-5-4-6-10-14/h4-6,9-10,13,15-16,20H,1-3,7-8,11-12H2,(H,18,19,21)/t16-/m1/s1. The Morgan fingerprint density at radius 2 is 1.71 bits per heavy atom. The van der Waals surface area contributed by atoms with Crippen molar-refractivity contribution in [3.05, 3.63) is 48.0 Å². The average Bonchev–Trinajstić information content (AvgIpc) is 3.01. The number of benzene rings is 1. The second-order valence-electron chi connectivity index (χ2n) is 5.92. The predicted octanol–water partition coefficient (Wildman–Crippen LogP) is 3.60. The molecule has 0 unspecified atom stereocenters. The lowest BCUT2D eigenvalue weighted by atomic mass is 9.95. The first-order valence-corrected chi connectivity index (χ1v) is 8.10. The Morgan fingerprint density at radius 1 is 1.00 bits per heavy atom. The molecule has 1 aromatic carbocycles. The van der Waals surface area contributed by atoms with Gasteiger partial charge in [0.25, 0.3) is 0 Å². The van der Waals surface area contributed by atoms with E-state index in [1.165, 1.54) is 50.5 Å². The van der Waals surface area contributed by atoms with Gasteiger partial charge in [0.2, 0.25) is 0 Å². The van der Waals surface area contributed by atoms with Crippen LogP contribution in [0.1, 0.15) is 62.4 Å². The van der Waals surface area contributed by atoms with E-state index >= 15 is 0 Å². The quantitative estimate of drug-likeness (QED) is 0.902. The predicted molar refractivity (Wildman–Crippen MR) is 83.9 cm³/mol. The Balaban J connectivity index is 1.76. The van der Waals surface area contributed by atoms with Crippen LogP contribution in [-0.2, 0) is 0 Å². The first kappa shape index (κ1) is 14.3. The van der Waals surface area contributed by atoms with E-state index in [2.05, 4.69) is 50.8 Å².